The topological polar surface area (TPSA) is 32.3 Å². The van der Waals surface area contributed by atoms with Crippen molar-refractivity contribution in [3.8, 4) is 11.1 Å². The molecule has 154 valence electrons. The van der Waals surface area contributed by atoms with Gasteiger partial charge in [0.2, 0.25) is 0 Å². The molecule has 3 nitrogen and oxygen atoms in total. The van der Waals surface area contributed by atoms with E-state index in [1.54, 1.807) is 0 Å². The van der Waals surface area contributed by atoms with Gasteiger partial charge in [0.15, 0.2) is 0 Å². The second-order valence-electron chi connectivity index (χ2n) is 8.42. The van der Waals surface area contributed by atoms with Crippen molar-refractivity contribution >= 4 is 11.6 Å². The number of carbonyl (C=O) groups excluding carboxylic acids is 1. The maximum absolute atomic E-state index is 12.7. The quantitative estimate of drug-likeness (QED) is 0.565. The number of benzene rings is 3. The zero-order valence-electron chi connectivity index (χ0n) is 17.8. The minimum Gasteiger partial charge on any atom is -0.371 e. The standard InChI is InChI=1S/C27H30N2O/c1-20-7-6-18-29(19-20)26-16-14-22(15-17-26)21(2)28-27(30)25-12-10-24(11-13-25)23-8-4-3-5-9-23/h3-5,8-17,20-21H,6-7,18-19H2,1-2H3,(H,28,30)/t20-,21-/m1/s1. The zero-order chi connectivity index (χ0) is 20.9. The van der Waals surface area contributed by atoms with Crippen molar-refractivity contribution in [1.82, 2.24) is 5.32 Å². The highest BCUT2D eigenvalue weighted by Gasteiger charge is 2.17. The lowest BCUT2D eigenvalue weighted by atomic mass is 9.99. The van der Waals surface area contributed by atoms with Crippen molar-refractivity contribution in [2.24, 2.45) is 5.92 Å². The molecule has 0 aliphatic carbocycles. The lowest BCUT2D eigenvalue weighted by molar-refractivity contribution is 0.0940. The van der Waals surface area contributed by atoms with Gasteiger partial charge in [-0.2, -0.15) is 0 Å². The lowest BCUT2D eigenvalue weighted by Crippen LogP contribution is -2.34. The number of nitrogens with zero attached hydrogens (tertiary/aromatic N) is 1. The number of piperidine rings is 1. The molecular weight excluding hydrogens is 368 g/mol. The minimum absolute atomic E-state index is 0.0411. The van der Waals surface area contributed by atoms with Crippen LogP contribution in [0.5, 0.6) is 0 Å². The van der Waals surface area contributed by atoms with E-state index in [0.717, 1.165) is 35.7 Å². The van der Waals surface area contributed by atoms with Crippen molar-refractivity contribution in [2.45, 2.75) is 32.7 Å². The summed E-state index contributed by atoms with van der Waals surface area (Å²) in [5.74, 6) is 0.709. The molecule has 2 atom stereocenters. The predicted octanol–water partition coefficient (Wildman–Crippen LogP) is 6.08. The largest absolute Gasteiger partial charge is 0.371 e. The van der Waals surface area contributed by atoms with Gasteiger partial charge in [-0.3, -0.25) is 4.79 Å². The molecule has 1 aliphatic heterocycles. The SMILES string of the molecule is C[C@@H]1CCCN(c2ccc([C@@H](C)NC(=O)c3ccc(-c4ccccc4)cc3)cc2)C1. The van der Waals surface area contributed by atoms with Crippen molar-refractivity contribution in [3.05, 3.63) is 90.0 Å². The van der Waals surface area contributed by atoms with Crippen LogP contribution in [-0.2, 0) is 0 Å². The Balaban J connectivity index is 1.38. The summed E-state index contributed by atoms with van der Waals surface area (Å²) in [7, 11) is 0. The number of nitrogens with one attached hydrogen (secondary N) is 1. The van der Waals surface area contributed by atoms with Crippen LogP contribution < -0.4 is 10.2 Å². The van der Waals surface area contributed by atoms with E-state index in [2.05, 4.69) is 53.5 Å². The van der Waals surface area contributed by atoms with Gasteiger partial charge in [0.1, 0.15) is 0 Å². The van der Waals surface area contributed by atoms with Crippen LogP contribution in [0.1, 0.15) is 48.7 Å². The van der Waals surface area contributed by atoms with Crippen LogP contribution >= 0.6 is 0 Å². The fourth-order valence-corrected chi connectivity index (χ4v) is 4.21. The molecule has 1 heterocycles. The number of carbonyl (C=O) groups is 1. The Bertz CT molecular complexity index is 964. The van der Waals surface area contributed by atoms with Gasteiger partial charge in [-0.25, -0.2) is 0 Å². The van der Waals surface area contributed by atoms with Crippen LogP contribution in [0.2, 0.25) is 0 Å². The Morgan fingerprint density at radius 3 is 2.27 bits per heavy atom. The number of amides is 1. The van der Waals surface area contributed by atoms with Crippen LogP contribution in [0.3, 0.4) is 0 Å². The Labute approximate surface area is 179 Å². The average molecular weight is 399 g/mol. The molecule has 4 rings (SSSR count). The number of anilines is 1. The third kappa shape index (κ3) is 4.73. The molecule has 1 amide bonds. The van der Waals surface area contributed by atoms with Gasteiger partial charge in [0.05, 0.1) is 6.04 Å². The van der Waals surface area contributed by atoms with E-state index in [4.69, 9.17) is 0 Å². The maximum atomic E-state index is 12.7. The Hall–Kier alpha value is -3.07. The third-order valence-corrected chi connectivity index (χ3v) is 6.02. The molecular formula is C27H30N2O. The highest BCUT2D eigenvalue weighted by molar-refractivity contribution is 5.95. The molecule has 1 saturated heterocycles. The minimum atomic E-state index is -0.0453. The summed E-state index contributed by atoms with van der Waals surface area (Å²) in [6.07, 6.45) is 2.59. The van der Waals surface area contributed by atoms with Crippen molar-refractivity contribution in [1.29, 1.82) is 0 Å². The predicted molar refractivity (Wildman–Crippen MR) is 125 cm³/mol. The molecule has 0 saturated carbocycles. The maximum Gasteiger partial charge on any atom is 0.251 e. The smallest absolute Gasteiger partial charge is 0.251 e. The fraction of sp³-hybridized carbons (Fsp3) is 0.296. The Morgan fingerprint density at radius 2 is 1.60 bits per heavy atom. The molecule has 1 fully saturated rings. The highest BCUT2D eigenvalue weighted by atomic mass is 16.1. The van der Waals surface area contributed by atoms with Gasteiger partial charge in [-0.15, -0.1) is 0 Å². The Kier molecular flexibility index (Phi) is 6.18. The molecule has 3 aromatic carbocycles. The summed E-state index contributed by atoms with van der Waals surface area (Å²) in [6, 6.07) is 26.6. The summed E-state index contributed by atoms with van der Waals surface area (Å²) in [4.78, 5) is 15.2. The summed E-state index contributed by atoms with van der Waals surface area (Å²) >= 11 is 0. The molecule has 0 unspecified atom stereocenters. The van der Waals surface area contributed by atoms with Crippen LogP contribution in [0.15, 0.2) is 78.9 Å². The summed E-state index contributed by atoms with van der Waals surface area (Å²) < 4.78 is 0. The molecule has 1 N–H and O–H groups in total. The van der Waals surface area contributed by atoms with Crippen LogP contribution in [0, 0.1) is 5.92 Å². The normalized spacial score (nSPS) is 17.4. The van der Waals surface area contributed by atoms with Gasteiger partial charge in [-0.05, 0) is 66.6 Å². The summed E-state index contributed by atoms with van der Waals surface area (Å²) in [5.41, 5.74) is 5.35. The second kappa shape index (κ2) is 9.17. The average Bonchev–Trinajstić information content (AvgIpc) is 2.80. The van der Waals surface area contributed by atoms with E-state index < -0.39 is 0 Å². The molecule has 30 heavy (non-hydrogen) atoms. The van der Waals surface area contributed by atoms with Crippen LogP contribution in [0.4, 0.5) is 5.69 Å². The fourth-order valence-electron chi connectivity index (χ4n) is 4.21. The van der Waals surface area contributed by atoms with E-state index in [9.17, 15) is 4.79 Å². The number of hydrogen-bond donors (Lipinski definition) is 1. The van der Waals surface area contributed by atoms with Crippen LogP contribution in [0.25, 0.3) is 11.1 Å². The molecule has 0 bridgehead atoms. The first-order valence-electron chi connectivity index (χ1n) is 10.9. The summed E-state index contributed by atoms with van der Waals surface area (Å²) in [5, 5.41) is 3.13. The molecule has 3 heteroatoms. The first-order valence-corrected chi connectivity index (χ1v) is 10.9. The van der Waals surface area contributed by atoms with Gasteiger partial charge >= 0.3 is 0 Å². The van der Waals surface area contributed by atoms with E-state index in [1.165, 1.54) is 18.5 Å². The van der Waals surface area contributed by atoms with E-state index in [0.29, 0.717) is 5.56 Å². The second-order valence-corrected chi connectivity index (χ2v) is 8.42. The van der Waals surface area contributed by atoms with Crippen molar-refractivity contribution < 1.29 is 4.79 Å². The van der Waals surface area contributed by atoms with E-state index in [-0.39, 0.29) is 11.9 Å². The van der Waals surface area contributed by atoms with Gasteiger partial charge in [0, 0.05) is 24.3 Å². The molecule has 0 spiro atoms. The first-order chi connectivity index (χ1) is 14.6. The summed E-state index contributed by atoms with van der Waals surface area (Å²) in [6.45, 7) is 6.62. The Morgan fingerprint density at radius 1 is 0.933 bits per heavy atom. The van der Waals surface area contributed by atoms with E-state index in [1.807, 2.05) is 49.4 Å². The molecule has 3 aromatic rings. The van der Waals surface area contributed by atoms with Gasteiger partial charge in [0.25, 0.3) is 5.91 Å². The molecule has 0 aromatic heterocycles. The highest BCUT2D eigenvalue weighted by Crippen LogP contribution is 2.25. The first kappa shape index (κ1) is 20.2. The van der Waals surface area contributed by atoms with Gasteiger partial charge in [-0.1, -0.05) is 61.5 Å². The number of rotatable bonds is 5. The van der Waals surface area contributed by atoms with Crippen molar-refractivity contribution in [2.75, 3.05) is 18.0 Å². The zero-order valence-corrected chi connectivity index (χ0v) is 17.8. The van der Waals surface area contributed by atoms with Gasteiger partial charge < -0.3 is 10.2 Å². The monoisotopic (exact) mass is 398 g/mol. The molecule has 0 radical (unpaired) electrons. The third-order valence-electron chi connectivity index (χ3n) is 6.02. The van der Waals surface area contributed by atoms with Crippen molar-refractivity contribution in [3.63, 3.8) is 0 Å². The number of hydrogen-bond acceptors (Lipinski definition) is 2. The van der Waals surface area contributed by atoms with E-state index >= 15 is 0 Å². The van der Waals surface area contributed by atoms with Crippen LogP contribution in [-0.4, -0.2) is 19.0 Å². The lowest BCUT2D eigenvalue weighted by Gasteiger charge is -2.33. The molecule has 1 aliphatic rings.